The monoisotopic (exact) mass is 241 g/mol. The summed E-state index contributed by atoms with van der Waals surface area (Å²) in [6.07, 6.45) is 1.03. The summed E-state index contributed by atoms with van der Waals surface area (Å²) in [5, 5.41) is 9.51. The number of hydrogen-bond acceptors (Lipinski definition) is 5. The second-order valence-corrected chi connectivity index (χ2v) is 6.11. The molecule has 0 saturated carbocycles. The Balaban J connectivity index is 1.95. The molecule has 0 amide bonds. The topological polar surface area (TPSA) is 47.0 Å². The Kier molecular flexibility index (Phi) is 3.03. The first kappa shape index (κ1) is 12.0. The van der Waals surface area contributed by atoms with Crippen molar-refractivity contribution >= 4 is 11.5 Å². The van der Waals surface area contributed by atoms with Crippen LogP contribution in [0.2, 0.25) is 0 Å². The molecule has 1 fully saturated rings. The fourth-order valence-electron chi connectivity index (χ4n) is 2.37. The van der Waals surface area contributed by atoms with Gasteiger partial charge in [-0.15, -0.1) is 5.10 Å². The lowest BCUT2D eigenvalue weighted by atomic mass is 9.94. The molecular weight excluding hydrogens is 222 g/mol. The molecule has 0 bridgehead atoms. The first-order valence-corrected chi connectivity index (χ1v) is 6.42. The molecule has 2 heterocycles. The number of nitrogens with one attached hydrogen (secondary N) is 1. The smallest absolute Gasteiger partial charge is 0.0893 e. The van der Waals surface area contributed by atoms with Crippen LogP contribution in [-0.4, -0.2) is 26.8 Å². The average molecular weight is 241 g/mol. The zero-order valence-corrected chi connectivity index (χ0v) is 11.1. The van der Waals surface area contributed by atoms with Gasteiger partial charge in [-0.2, -0.15) is 0 Å². The van der Waals surface area contributed by atoms with Crippen molar-refractivity contribution < 1.29 is 4.74 Å². The van der Waals surface area contributed by atoms with Gasteiger partial charge in [-0.1, -0.05) is 4.49 Å². The van der Waals surface area contributed by atoms with E-state index in [9.17, 15) is 0 Å². The zero-order chi connectivity index (χ0) is 11.8. The molecule has 1 aliphatic heterocycles. The summed E-state index contributed by atoms with van der Waals surface area (Å²) in [7, 11) is 0. The van der Waals surface area contributed by atoms with E-state index in [4.69, 9.17) is 4.74 Å². The number of aromatic nitrogens is 2. The molecule has 0 spiro atoms. The van der Waals surface area contributed by atoms with Crippen LogP contribution in [0.3, 0.4) is 0 Å². The van der Waals surface area contributed by atoms with Crippen LogP contribution in [0.5, 0.6) is 0 Å². The van der Waals surface area contributed by atoms with Crippen molar-refractivity contribution in [2.45, 2.75) is 57.9 Å². The van der Waals surface area contributed by atoms with Gasteiger partial charge in [0.15, 0.2) is 0 Å². The second kappa shape index (κ2) is 4.05. The summed E-state index contributed by atoms with van der Waals surface area (Å²) >= 11 is 1.39. The Morgan fingerprint density at radius 2 is 2.25 bits per heavy atom. The molecule has 1 aliphatic rings. The first-order chi connectivity index (χ1) is 7.39. The molecule has 90 valence electrons. The van der Waals surface area contributed by atoms with E-state index in [-0.39, 0.29) is 11.2 Å². The van der Waals surface area contributed by atoms with E-state index in [1.165, 1.54) is 11.5 Å². The molecule has 0 aliphatic carbocycles. The van der Waals surface area contributed by atoms with Crippen LogP contribution in [-0.2, 0) is 11.3 Å². The highest BCUT2D eigenvalue weighted by Crippen LogP contribution is 2.37. The minimum absolute atomic E-state index is 0.0402. The third-order valence-electron chi connectivity index (χ3n) is 3.01. The van der Waals surface area contributed by atoms with E-state index in [0.717, 1.165) is 18.7 Å². The van der Waals surface area contributed by atoms with Crippen molar-refractivity contribution in [2.24, 2.45) is 0 Å². The van der Waals surface area contributed by atoms with Crippen molar-refractivity contribution in [3.05, 3.63) is 11.1 Å². The average Bonchev–Trinajstić information content (AvgIpc) is 2.67. The van der Waals surface area contributed by atoms with Crippen LogP contribution in [0.15, 0.2) is 5.38 Å². The lowest BCUT2D eigenvalue weighted by Gasteiger charge is -2.27. The van der Waals surface area contributed by atoms with E-state index in [1.807, 2.05) is 5.38 Å². The molecule has 1 aromatic heterocycles. The van der Waals surface area contributed by atoms with Gasteiger partial charge in [0.05, 0.1) is 16.9 Å². The minimum atomic E-state index is -0.118. The van der Waals surface area contributed by atoms with Crippen molar-refractivity contribution in [1.29, 1.82) is 0 Å². The summed E-state index contributed by atoms with van der Waals surface area (Å²) in [4.78, 5) is 0. The van der Waals surface area contributed by atoms with Gasteiger partial charge in [-0.3, -0.25) is 0 Å². The fourth-order valence-corrected chi connectivity index (χ4v) is 2.82. The van der Waals surface area contributed by atoms with Crippen molar-refractivity contribution in [3.8, 4) is 0 Å². The van der Waals surface area contributed by atoms with Gasteiger partial charge < -0.3 is 10.1 Å². The highest BCUT2D eigenvalue weighted by atomic mass is 32.1. The van der Waals surface area contributed by atoms with Gasteiger partial charge in [0, 0.05) is 18.0 Å². The van der Waals surface area contributed by atoms with Gasteiger partial charge >= 0.3 is 0 Å². The summed E-state index contributed by atoms with van der Waals surface area (Å²) in [6, 6.07) is 0.365. The third kappa shape index (κ3) is 2.59. The van der Waals surface area contributed by atoms with Crippen LogP contribution >= 0.6 is 11.5 Å². The zero-order valence-electron chi connectivity index (χ0n) is 10.3. The van der Waals surface area contributed by atoms with Gasteiger partial charge in [0.1, 0.15) is 0 Å². The van der Waals surface area contributed by atoms with Crippen LogP contribution in [0, 0.1) is 0 Å². The molecule has 16 heavy (non-hydrogen) atoms. The summed E-state index contributed by atoms with van der Waals surface area (Å²) in [5.74, 6) is 0. The number of ether oxygens (including phenoxy) is 1. The minimum Gasteiger partial charge on any atom is -0.368 e. The molecule has 1 atom stereocenters. The standard InChI is InChI=1S/C11H19N3OS/c1-10(2)5-9(11(3,4)15-10)12-6-8-7-16-14-13-8/h7,9,12H,5-6H2,1-4H3. The van der Waals surface area contributed by atoms with E-state index in [1.54, 1.807) is 0 Å². The number of nitrogens with zero attached hydrogens (tertiary/aromatic N) is 2. The molecule has 1 saturated heterocycles. The molecule has 2 rings (SSSR count). The van der Waals surface area contributed by atoms with Gasteiger partial charge in [0.25, 0.3) is 0 Å². The molecule has 1 unspecified atom stereocenters. The number of hydrogen-bond donors (Lipinski definition) is 1. The van der Waals surface area contributed by atoms with E-state index < -0.39 is 0 Å². The summed E-state index contributed by atoms with van der Waals surface area (Å²) < 4.78 is 9.88. The quantitative estimate of drug-likeness (QED) is 0.879. The Bertz CT molecular complexity index is 348. The lowest BCUT2D eigenvalue weighted by molar-refractivity contribution is -0.0699. The molecule has 4 nitrogen and oxygen atoms in total. The third-order valence-corrected chi connectivity index (χ3v) is 3.56. The molecule has 1 N–H and O–H groups in total. The summed E-state index contributed by atoms with van der Waals surface area (Å²) in [5.41, 5.74) is 0.847. The van der Waals surface area contributed by atoms with Crippen LogP contribution in [0.4, 0.5) is 0 Å². The Labute approximate surface area is 101 Å². The van der Waals surface area contributed by atoms with E-state index in [2.05, 4.69) is 42.6 Å². The van der Waals surface area contributed by atoms with Gasteiger partial charge in [0.2, 0.25) is 0 Å². The van der Waals surface area contributed by atoms with Crippen LogP contribution in [0.1, 0.15) is 39.8 Å². The normalized spacial score (nSPS) is 27.1. The SMILES string of the molecule is CC1(C)CC(NCc2csnn2)C(C)(C)O1. The van der Waals surface area contributed by atoms with Crippen molar-refractivity contribution in [3.63, 3.8) is 0 Å². The van der Waals surface area contributed by atoms with Crippen LogP contribution < -0.4 is 5.32 Å². The summed E-state index contributed by atoms with van der Waals surface area (Å²) in [6.45, 7) is 9.32. The predicted molar refractivity (Wildman–Crippen MR) is 64.4 cm³/mol. The maximum Gasteiger partial charge on any atom is 0.0893 e. The van der Waals surface area contributed by atoms with Gasteiger partial charge in [-0.05, 0) is 45.6 Å². The molecule has 0 aromatic carbocycles. The second-order valence-electron chi connectivity index (χ2n) is 5.50. The molecular formula is C11H19N3OS. The van der Waals surface area contributed by atoms with Crippen molar-refractivity contribution in [1.82, 2.24) is 14.9 Å². The molecule has 1 aromatic rings. The Morgan fingerprint density at radius 1 is 1.50 bits per heavy atom. The highest BCUT2D eigenvalue weighted by molar-refractivity contribution is 7.03. The fraction of sp³-hybridized carbons (Fsp3) is 0.818. The Hall–Kier alpha value is -0.520. The van der Waals surface area contributed by atoms with Crippen molar-refractivity contribution in [2.75, 3.05) is 0 Å². The largest absolute Gasteiger partial charge is 0.368 e. The highest BCUT2D eigenvalue weighted by Gasteiger charge is 2.45. The van der Waals surface area contributed by atoms with E-state index in [0.29, 0.717) is 6.04 Å². The molecule has 0 radical (unpaired) electrons. The maximum absolute atomic E-state index is 6.02. The van der Waals surface area contributed by atoms with E-state index >= 15 is 0 Å². The Morgan fingerprint density at radius 3 is 2.75 bits per heavy atom. The lowest BCUT2D eigenvalue weighted by Crippen LogP contribution is -2.43. The molecule has 5 heteroatoms. The first-order valence-electron chi connectivity index (χ1n) is 5.59. The predicted octanol–water partition coefficient (Wildman–Crippen LogP) is 1.97. The number of rotatable bonds is 3. The maximum atomic E-state index is 6.02. The van der Waals surface area contributed by atoms with Gasteiger partial charge in [-0.25, -0.2) is 0 Å². The van der Waals surface area contributed by atoms with Crippen LogP contribution in [0.25, 0.3) is 0 Å².